The molecule has 132 valence electrons. The number of aliphatic hydroxyl groups is 1. The number of anilines is 1. The van der Waals surface area contributed by atoms with Crippen LogP contribution in [0.25, 0.3) is 11.1 Å². The van der Waals surface area contributed by atoms with Crippen molar-refractivity contribution in [2.75, 3.05) is 5.32 Å². The lowest BCUT2D eigenvalue weighted by atomic mass is 10.1. The number of oxazole rings is 1. The highest BCUT2D eigenvalue weighted by Gasteiger charge is 2.32. The van der Waals surface area contributed by atoms with E-state index in [0.29, 0.717) is 23.6 Å². The van der Waals surface area contributed by atoms with E-state index in [0.717, 1.165) is 35.4 Å². The summed E-state index contributed by atoms with van der Waals surface area (Å²) in [6.07, 6.45) is 2.20. The number of amides is 2. The second kappa shape index (κ2) is 5.85. The molecule has 2 aromatic carbocycles. The first-order valence-electron chi connectivity index (χ1n) is 8.91. The minimum absolute atomic E-state index is 0.355. The van der Waals surface area contributed by atoms with Crippen LogP contribution in [-0.2, 0) is 6.42 Å². The average molecular weight is 349 g/mol. The molecule has 6 nitrogen and oxygen atoms in total. The third kappa shape index (κ3) is 2.72. The van der Waals surface area contributed by atoms with Gasteiger partial charge < -0.3 is 20.2 Å². The number of hydrogen-bond acceptors (Lipinski definition) is 4. The van der Waals surface area contributed by atoms with Gasteiger partial charge in [0.05, 0.1) is 12.1 Å². The number of aromatic nitrogens is 1. The van der Waals surface area contributed by atoms with Gasteiger partial charge in [0.2, 0.25) is 0 Å². The molecule has 3 aromatic rings. The molecule has 0 radical (unpaired) electrons. The van der Waals surface area contributed by atoms with Crippen molar-refractivity contribution < 1.29 is 14.3 Å². The monoisotopic (exact) mass is 349 g/mol. The maximum absolute atomic E-state index is 12.4. The Hall–Kier alpha value is -2.86. The number of rotatable bonds is 3. The van der Waals surface area contributed by atoms with Gasteiger partial charge in [0, 0.05) is 24.1 Å². The largest absolute Gasteiger partial charge is 0.440 e. The van der Waals surface area contributed by atoms with Crippen LogP contribution in [0.3, 0.4) is 0 Å². The average Bonchev–Trinajstić information content (AvgIpc) is 3.32. The van der Waals surface area contributed by atoms with Crippen molar-refractivity contribution in [3.63, 3.8) is 0 Å². The molecule has 1 heterocycles. The lowest BCUT2D eigenvalue weighted by Crippen LogP contribution is -2.36. The van der Waals surface area contributed by atoms with Crippen LogP contribution in [0.15, 0.2) is 46.9 Å². The number of carbonyl (C=O) groups is 1. The van der Waals surface area contributed by atoms with Gasteiger partial charge in [0.25, 0.3) is 0 Å². The molecule has 5 rings (SSSR count). The molecule has 1 saturated carbocycles. The minimum Gasteiger partial charge on any atom is -0.440 e. The van der Waals surface area contributed by atoms with Crippen LogP contribution >= 0.6 is 0 Å². The third-order valence-corrected chi connectivity index (χ3v) is 5.08. The Labute approximate surface area is 150 Å². The summed E-state index contributed by atoms with van der Waals surface area (Å²) in [4.78, 5) is 16.9. The Kier molecular flexibility index (Phi) is 3.46. The van der Waals surface area contributed by atoms with E-state index in [1.165, 1.54) is 0 Å². The number of urea groups is 1. The summed E-state index contributed by atoms with van der Waals surface area (Å²) in [6.45, 7) is 0. The molecule has 0 aliphatic heterocycles. The summed E-state index contributed by atoms with van der Waals surface area (Å²) in [5.74, 6) is 1.23. The molecule has 1 aromatic heterocycles. The number of nitrogens with zero attached hydrogens (tertiary/aromatic N) is 1. The fourth-order valence-electron chi connectivity index (χ4n) is 3.58. The zero-order chi connectivity index (χ0) is 17.7. The van der Waals surface area contributed by atoms with E-state index in [4.69, 9.17) is 4.42 Å². The Morgan fingerprint density at radius 1 is 1.19 bits per heavy atom. The van der Waals surface area contributed by atoms with Crippen molar-refractivity contribution in [3.05, 3.63) is 59.5 Å². The van der Waals surface area contributed by atoms with Crippen molar-refractivity contribution in [1.82, 2.24) is 10.3 Å². The molecule has 0 bridgehead atoms. The highest BCUT2D eigenvalue weighted by atomic mass is 16.3. The van der Waals surface area contributed by atoms with Gasteiger partial charge >= 0.3 is 6.03 Å². The zero-order valence-electron chi connectivity index (χ0n) is 14.1. The molecule has 6 heteroatoms. The summed E-state index contributed by atoms with van der Waals surface area (Å²) in [7, 11) is 0. The van der Waals surface area contributed by atoms with E-state index >= 15 is 0 Å². The molecule has 2 atom stereocenters. The first kappa shape index (κ1) is 15.4. The maximum Gasteiger partial charge on any atom is 0.319 e. The lowest BCUT2D eigenvalue weighted by Gasteiger charge is -2.18. The van der Waals surface area contributed by atoms with Gasteiger partial charge in [-0.2, -0.15) is 0 Å². The van der Waals surface area contributed by atoms with Gasteiger partial charge in [0.15, 0.2) is 11.5 Å². The molecule has 3 N–H and O–H groups in total. The van der Waals surface area contributed by atoms with Crippen LogP contribution in [0.2, 0.25) is 0 Å². The normalized spacial score (nSPS) is 21.6. The highest BCUT2D eigenvalue weighted by molar-refractivity contribution is 5.92. The van der Waals surface area contributed by atoms with E-state index in [2.05, 4.69) is 15.6 Å². The van der Waals surface area contributed by atoms with E-state index < -0.39 is 12.1 Å². The molecule has 2 aliphatic carbocycles. The standard InChI is InChI=1S/C20H19N3O3/c24-16-9-12-3-1-2-4-14(12)18(16)23-20(25)21-13-7-8-15-17(10-13)26-19(22-15)11-5-6-11/h1-4,7-8,10-11,16,18,24H,5-6,9H2,(H2,21,23,25)/t16-,18+/m0/s1. The Balaban J connectivity index is 1.31. The Morgan fingerprint density at radius 2 is 2.04 bits per heavy atom. The van der Waals surface area contributed by atoms with Crippen molar-refractivity contribution in [2.24, 2.45) is 0 Å². The molecular weight excluding hydrogens is 330 g/mol. The number of aliphatic hydroxyl groups excluding tert-OH is 1. The van der Waals surface area contributed by atoms with Gasteiger partial charge in [-0.15, -0.1) is 0 Å². The van der Waals surface area contributed by atoms with Crippen molar-refractivity contribution in [1.29, 1.82) is 0 Å². The molecule has 0 saturated heterocycles. The fraction of sp³-hybridized carbons (Fsp3) is 0.300. The summed E-state index contributed by atoms with van der Waals surface area (Å²) >= 11 is 0. The number of benzene rings is 2. The number of fused-ring (bicyclic) bond motifs is 2. The second-order valence-electron chi connectivity index (χ2n) is 7.06. The molecule has 26 heavy (non-hydrogen) atoms. The van der Waals surface area contributed by atoms with Crippen molar-refractivity contribution in [3.8, 4) is 0 Å². The third-order valence-electron chi connectivity index (χ3n) is 5.08. The number of carbonyl (C=O) groups excluding carboxylic acids is 1. The SMILES string of the molecule is O=C(Nc1ccc2nc(C3CC3)oc2c1)N[C@@H]1c2ccccc2C[C@@H]1O. The Bertz CT molecular complexity index is 993. The van der Waals surface area contributed by atoms with E-state index in [9.17, 15) is 9.90 Å². The second-order valence-corrected chi connectivity index (χ2v) is 7.06. The van der Waals surface area contributed by atoms with Crippen molar-refractivity contribution in [2.45, 2.75) is 37.3 Å². The van der Waals surface area contributed by atoms with Crippen LogP contribution in [0.5, 0.6) is 0 Å². The maximum atomic E-state index is 12.4. The smallest absolute Gasteiger partial charge is 0.319 e. The lowest BCUT2D eigenvalue weighted by molar-refractivity contribution is 0.144. The van der Waals surface area contributed by atoms with Crippen LogP contribution < -0.4 is 10.6 Å². The molecule has 1 fully saturated rings. The van der Waals surface area contributed by atoms with Crippen LogP contribution in [0.1, 0.15) is 41.8 Å². The molecular formula is C20H19N3O3. The summed E-state index contributed by atoms with van der Waals surface area (Å²) in [5.41, 5.74) is 4.15. The van der Waals surface area contributed by atoms with Gasteiger partial charge in [-0.1, -0.05) is 24.3 Å². The Morgan fingerprint density at radius 3 is 2.88 bits per heavy atom. The highest BCUT2D eigenvalue weighted by Crippen LogP contribution is 2.40. The van der Waals surface area contributed by atoms with E-state index in [1.54, 1.807) is 12.1 Å². The summed E-state index contributed by atoms with van der Waals surface area (Å²) in [6, 6.07) is 12.5. The summed E-state index contributed by atoms with van der Waals surface area (Å²) in [5, 5.41) is 15.9. The predicted molar refractivity (Wildman–Crippen MR) is 97.0 cm³/mol. The predicted octanol–water partition coefficient (Wildman–Crippen LogP) is 3.49. The van der Waals surface area contributed by atoms with Gasteiger partial charge in [-0.25, -0.2) is 9.78 Å². The van der Waals surface area contributed by atoms with E-state index in [1.807, 2.05) is 30.3 Å². The molecule has 0 unspecified atom stereocenters. The van der Waals surface area contributed by atoms with Gasteiger partial charge in [-0.05, 0) is 36.1 Å². The first-order valence-corrected chi connectivity index (χ1v) is 8.91. The number of nitrogens with one attached hydrogen (secondary N) is 2. The molecule has 2 amide bonds. The zero-order valence-corrected chi connectivity index (χ0v) is 14.1. The van der Waals surface area contributed by atoms with Crippen LogP contribution in [0.4, 0.5) is 10.5 Å². The fourth-order valence-corrected chi connectivity index (χ4v) is 3.58. The molecule has 0 spiro atoms. The summed E-state index contributed by atoms with van der Waals surface area (Å²) < 4.78 is 5.79. The van der Waals surface area contributed by atoms with Gasteiger partial charge in [-0.3, -0.25) is 0 Å². The minimum atomic E-state index is -0.615. The van der Waals surface area contributed by atoms with Gasteiger partial charge in [0.1, 0.15) is 5.52 Å². The van der Waals surface area contributed by atoms with Crippen LogP contribution in [0, 0.1) is 0 Å². The quantitative estimate of drug-likeness (QED) is 0.675. The first-order chi connectivity index (χ1) is 12.7. The topological polar surface area (TPSA) is 87.4 Å². The molecule has 2 aliphatic rings. The number of hydrogen-bond donors (Lipinski definition) is 3. The van der Waals surface area contributed by atoms with E-state index in [-0.39, 0.29) is 6.03 Å². The van der Waals surface area contributed by atoms with Crippen LogP contribution in [-0.4, -0.2) is 22.2 Å². The van der Waals surface area contributed by atoms with Crippen molar-refractivity contribution >= 4 is 22.8 Å².